The van der Waals surface area contributed by atoms with Gasteiger partial charge in [0.05, 0.1) is 20.3 Å². The molecule has 1 N–H and O–H groups in total. The van der Waals surface area contributed by atoms with Crippen molar-refractivity contribution >= 4 is 17.7 Å². The average molecular weight is 422 g/mol. The minimum atomic E-state index is -1.41. The van der Waals surface area contributed by atoms with Gasteiger partial charge in [-0.3, -0.25) is 0 Å². The highest BCUT2D eigenvalue weighted by molar-refractivity contribution is 5.97. The summed E-state index contributed by atoms with van der Waals surface area (Å²) in [5, 5.41) is 3.44. The summed E-state index contributed by atoms with van der Waals surface area (Å²) in [6.45, 7) is 2.10. The molecule has 31 heavy (non-hydrogen) atoms. The lowest BCUT2D eigenvalue weighted by Crippen LogP contribution is -2.42. The number of nitrogens with one attached hydrogen (secondary N) is 1. The Labute approximate surface area is 181 Å². The van der Waals surface area contributed by atoms with E-state index in [0.29, 0.717) is 11.6 Å². The van der Waals surface area contributed by atoms with E-state index in [4.69, 9.17) is 14.2 Å². The lowest BCUT2D eigenvalue weighted by Gasteiger charge is -2.26. The summed E-state index contributed by atoms with van der Waals surface area (Å²) in [5.74, 6) is -0.507. The largest absolute Gasteiger partial charge is 0.467 e. The molecule has 0 fully saturated rings. The van der Waals surface area contributed by atoms with Crippen molar-refractivity contribution in [2.75, 3.05) is 25.6 Å². The number of amidine groups is 1. The Bertz CT molecular complexity index is 1020. The van der Waals surface area contributed by atoms with Crippen LogP contribution in [0.25, 0.3) is 0 Å². The van der Waals surface area contributed by atoms with E-state index in [1.807, 2.05) is 0 Å². The van der Waals surface area contributed by atoms with Crippen LogP contribution < -0.4 is 10.1 Å². The quantitative estimate of drug-likeness (QED) is 0.740. The summed E-state index contributed by atoms with van der Waals surface area (Å²) in [6, 6.07) is 2.93. The number of esters is 1. The average Bonchev–Trinajstić information content (AvgIpc) is 3.54. The van der Waals surface area contributed by atoms with Crippen LogP contribution in [0.3, 0.4) is 0 Å². The van der Waals surface area contributed by atoms with Gasteiger partial charge in [0.1, 0.15) is 0 Å². The second-order valence-electron chi connectivity index (χ2n) is 8.09. The van der Waals surface area contributed by atoms with Crippen LogP contribution in [-0.2, 0) is 45.6 Å². The normalized spacial score (nSPS) is 21.2. The molecule has 0 bridgehead atoms. The molecule has 0 spiro atoms. The smallest absolute Gasteiger partial charge is 0.357 e. The lowest BCUT2D eigenvalue weighted by molar-refractivity contribution is -0.161. The minimum Gasteiger partial charge on any atom is -0.467 e. The van der Waals surface area contributed by atoms with Crippen molar-refractivity contribution in [1.82, 2.24) is 9.97 Å². The highest BCUT2D eigenvalue weighted by Crippen LogP contribution is 2.40. The molecule has 2 heterocycles. The van der Waals surface area contributed by atoms with Gasteiger partial charge in [-0.15, -0.1) is 0 Å². The number of methoxy groups -OCH3 is 1. The molecule has 1 unspecified atom stereocenters. The number of aliphatic imine (C=N–C) groups is 1. The second-order valence-corrected chi connectivity index (χ2v) is 8.09. The van der Waals surface area contributed by atoms with Gasteiger partial charge in [-0.2, -0.15) is 0 Å². The Morgan fingerprint density at radius 3 is 2.42 bits per heavy atom. The Balaban J connectivity index is 1.46. The number of carbonyl (C=O) groups excluding carboxylic acids is 1. The second kappa shape index (κ2) is 7.83. The molecule has 1 aromatic carbocycles. The Morgan fingerprint density at radius 2 is 1.81 bits per heavy atom. The number of carbonyl (C=O) groups is 1. The molecule has 2 aliphatic carbocycles. The van der Waals surface area contributed by atoms with Gasteiger partial charge in [0, 0.05) is 23.6 Å². The van der Waals surface area contributed by atoms with E-state index in [2.05, 4.69) is 26.3 Å². The summed E-state index contributed by atoms with van der Waals surface area (Å²) < 4.78 is 16.6. The van der Waals surface area contributed by atoms with Gasteiger partial charge in [-0.25, -0.2) is 19.8 Å². The monoisotopic (exact) mass is 422 g/mol. The van der Waals surface area contributed by atoms with Crippen molar-refractivity contribution < 1.29 is 19.0 Å². The van der Waals surface area contributed by atoms with E-state index < -0.39 is 11.6 Å². The van der Waals surface area contributed by atoms with Crippen LogP contribution in [0.2, 0.25) is 0 Å². The highest BCUT2D eigenvalue weighted by Gasteiger charge is 2.50. The molecule has 0 amide bonds. The number of hydrogen-bond donors (Lipinski definition) is 1. The molecule has 0 saturated heterocycles. The number of hydrogen-bond acceptors (Lipinski definition) is 8. The molecule has 162 valence electrons. The van der Waals surface area contributed by atoms with Crippen LogP contribution in [0.15, 0.2) is 23.5 Å². The number of aryl methyl sites for hydroxylation is 2. The number of fused-ring (bicyclic) bond motifs is 2. The molecule has 5 rings (SSSR count). The van der Waals surface area contributed by atoms with E-state index >= 15 is 0 Å². The third kappa shape index (κ3) is 3.30. The van der Waals surface area contributed by atoms with E-state index in [0.717, 1.165) is 44.2 Å². The first-order valence-corrected chi connectivity index (χ1v) is 10.9. The minimum absolute atomic E-state index is 0.0983. The van der Waals surface area contributed by atoms with Crippen molar-refractivity contribution in [3.63, 3.8) is 0 Å². The van der Waals surface area contributed by atoms with E-state index in [9.17, 15) is 4.79 Å². The molecule has 8 heteroatoms. The number of ether oxygens (including phenoxy) is 3. The topological polar surface area (TPSA) is 94.9 Å². The lowest BCUT2D eigenvalue weighted by atomic mass is 9.97. The van der Waals surface area contributed by atoms with E-state index in [-0.39, 0.29) is 19.2 Å². The summed E-state index contributed by atoms with van der Waals surface area (Å²) >= 11 is 0. The third-order valence-corrected chi connectivity index (χ3v) is 6.30. The molecular formula is C23H26N4O4. The van der Waals surface area contributed by atoms with Gasteiger partial charge in [0.25, 0.3) is 11.6 Å². The summed E-state index contributed by atoms with van der Waals surface area (Å²) in [6.07, 6.45) is 9.70. The first-order valence-electron chi connectivity index (χ1n) is 10.9. The molecule has 0 radical (unpaired) electrons. The number of benzene rings is 1. The molecule has 0 saturated carbocycles. The summed E-state index contributed by atoms with van der Waals surface area (Å²) in [7, 11) is 1.49. The fourth-order valence-corrected chi connectivity index (χ4v) is 4.80. The first-order chi connectivity index (χ1) is 15.1. The van der Waals surface area contributed by atoms with Gasteiger partial charge in [0.2, 0.25) is 0 Å². The summed E-state index contributed by atoms with van der Waals surface area (Å²) in [5.41, 5.74) is 5.74. The van der Waals surface area contributed by atoms with E-state index in [1.165, 1.54) is 41.8 Å². The maximum Gasteiger partial charge on any atom is 0.357 e. The van der Waals surface area contributed by atoms with Gasteiger partial charge in [-0.05, 0) is 67.7 Å². The van der Waals surface area contributed by atoms with Gasteiger partial charge < -0.3 is 19.5 Å². The number of anilines is 1. The fraction of sp³-hybridized carbons (Fsp3) is 0.478. The van der Waals surface area contributed by atoms with Crippen molar-refractivity contribution in [3.8, 4) is 6.01 Å². The predicted molar refractivity (Wildman–Crippen MR) is 114 cm³/mol. The molecule has 1 aromatic heterocycles. The SMILES string of the molecule is CCOC(=O)C1(c2cnc(OC)nc2)CN=C(Nc2c3c(cc4c2CCC4)CCC3)O1. The van der Waals surface area contributed by atoms with Crippen LogP contribution in [0.5, 0.6) is 6.01 Å². The number of rotatable bonds is 5. The summed E-state index contributed by atoms with van der Waals surface area (Å²) in [4.78, 5) is 25.8. The molecule has 2 aromatic rings. The standard InChI is InChI=1S/C23H26N4O4/c1-3-30-20(28)23(16-11-24-21(29-2)25-12-16)13-26-22(31-23)27-19-17-8-4-6-14(17)10-15-7-5-9-18(15)19/h10-12H,3-9,13H2,1-2H3,(H,26,27). The Kier molecular flexibility index (Phi) is 5.00. The molecule has 1 aliphatic heterocycles. The maximum atomic E-state index is 13.0. The highest BCUT2D eigenvalue weighted by atomic mass is 16.6. The van der Waals surface area contributed by atoms with Crippen molar-refractivity contribution in [1.29, 1.82) is 0 Å². The van der Waals surface area contributed by atoms with Gasteiger partial charge in [0.15, 0.2) is 0 Å². The maximum absolute atomic E-state index is 13.0. The first kappa shape index (κ1) is 19.8. The Hall–Kier alpha value is -3.16. The van der Waals surface area contributed by atoms with Crippen molar-refractivity contribution in [2.24, 2.45) is 4.99 Å². The van der Waals surface area contributed by atoms with Gasteiger partial charge in [-0.1, -0.05) is 6.07 Å². The van der Waals surface area contributed by atoms with Crippen LogP contribution in [0.1, 0.15) is 47.6 Å². The molecule has 3 aliphatic rings. The molecular weight excluding hydrogens is 396 g/mol. The van der Waals surface area contributed by atoms with Crippen LogP contribution in [0, 0.1) is 0 Å². The molecule has 8 nitrogen and oxygen atoms in total. The number of aromatic nitrogens is 2. The molecule has 1 atom stereocenters. The van der Waals surface area contributed by atoms with Crippen LogP contribution in [0.4, 0.5) is 5.69 Å². The third-order valence-electron chi connectivity index (χ3n) is 6.30. The zero-order valence-electron chi connectivity index (χ0n) is 17.9. The van der Waals surface area contributed by atoms with Crippen molar-refractivity contribution in [2.45, 2.75) is 51.0 Å². The van der Waals surface area contributed by atoms with E-state index in [1.54, 1.807) is 6.92 Å². The Morgan fingerprint density at radius 1 is 1.13 bits per heavy atom. The van der Waals surface area contributed by atoms with Crippen LogP contribution in [-0.4, -0.2) is 42.2 Å². The predicted octanol–water partition coefficient (Wildman–Crippen LogP) is 2.72. The zero-order chi connectivity index (χ0) is 21.4. The zero-order valence-corrected chi connectivity index (χ0v) is 17.9. The van der Waals surface area contributed by atoms with Crippen molar-refractivity contribution in [3.05, 3.63) is 46.3 Å². The van der Waals surface area contributed by atoms with Crippen LogP contribution >= 0.6 is 0 Å². The fourth-order valence-electron chi connectivity index (χ4n) is 4.80. The van der Waals surface area contributed by atoms with Gasteiger partial charge >= 0.3 is 12.0 Å². The number of nitrogens with zero attached hydrogens (tertiary/aromatic N) is 3.